The van der Waals surface area contributed by atoms with Crippen molar-refractivity contribution in [2.45, 2.75) is 31.6 Å². The van der Waals surface area contributed by atoms with Gasteiger partial charge in [0.25, 0.3) is 10.1 Å². The minimum Gasteiger partial charge on any atom is -0.506 e. The van der Waals surface area contributed by atoms with Crippen molar-refractivity contribution in [3.05, 3.63) is 45.6 Å². The van der Waals surface area contributed by atoms with Gasteiger partial charge in [-0.1, -0.05) is 13.8 Å². The molecule has 2 aromatic rings. The molecule has 0 unspecified atom stereocenters. The van der Waals surface area contributed by atoms with E-state index in [0.29, 0.717) is 33.2 Å². The van der Waals surface area contributed by atoms with Crippen LogP contribution in [0.4, 0.5) is 0 Å². The first-order valence-electron chi connectivity index (χ1n) is 8.63. The first-order chi connectivity index (χ1) is 13.8. The number of phenols is 1. The minimum absolute atomic E-state index is 0.0335. The van der Waals surface area contributed by atoms with E-state index in [1.165, 1.54) is 6.07 Å². The van der Waals surface area contributed by atoms with Crippen molar-refractivity contribution in [3.8, 4) is 11.5 Å². The Morgan fingerprint density at radius 1 is 1.10 bits per heavy atom. The number of carbonyl (C=O) groups is 1. The molecule has 0 amide bonds. The second kappa shape index (κ2) is 10.5. The molecular weight excluding hydrogens is 753 g/mol. The van der Waals surface area contributed by atoms with E-state index in [1.807, 2.05) is 81.6 Å². The van der Waals surface area contributed by atoms with Crippen LogP contribution in [0.1, 0.15) is 41.3 Å². The number of hydrogen-bond acceptors (Lipinski definition) is 6. The van der Waals surface area contributed by atoms with Crippen LogP contribution in [0.5, 0.6) is 11.5 Å². The summed E-state index contributed by atoms with van der Waals surface area (Å²) in [6, 6.07) is 4.64. The molecule has 7 nitrogen and oxygen atoms in total. The molecule has 0 aromatic heterocycles. The lowest BCUT2D eigenvalue weighted by molar-refractivity contribution is 0.0447. The second-order valence-corrected chi connectivity index (χ2v) is 11.4. The van der Waals surface area contributed by atoms with E-state index < -0.39 is 16.1 Å². The summed E-state index contributed by atoms with van der Waals surface area (Å²) in [5, 5.41) is 10.1. The van der Waals surface area contributed by atoms with Crippen LogP contribution in [0.2, 0.25) is 0 Å². The van der Waals surface area contributed by atoms with Gasteiger partial charge in [-0.25, -0.2) is 4.79 Å². The highest BCUT2D eigenvalue weighted by Crippen LogP contribution is 2.33. The molecular formula is C19H19I3O7S. The summed E-state index contributed by atoms with van der Waals surface area (Å²) in [6.07, 6.45) is 0. The van der Waals surface area contributed by atoms with Crippen LogP contribution < -0.4 is 4.74 Å². The summed E-state index contributed by atoms with van der Waals surface area (Å²) in [6.45, 7) is 5.31. The zero-order valence-electron chi connectivity index (χ0n) is 16.2. The van der Waals surface area contributed by atoms with Gasteiger partial charge in [0.15, 0.2) is 0 Å². The van der Waals surface area contributed by atoms with E-state index in [4.69, 9.17) is 9.47 Å². The number of esters is 1. The van der Waals surface area contributed by atoms with Crippen molar-refractivity contribution < 1.29 is 32.3 Å². The number of aromatic hydroxyl groups is 1. The van der Waals surface area contributed by atoms with Crippen LogP contribution in [-0.2, 0) is 14.9 Å². The Morgan fingerprint density at radius 3 is 2.30 bits per heavy atom. The molecule has 0 aliphatic rings. The van der Waals surface area contributed by atoms with Crippen LogP contribution in [-0.4, -0.2) is 37.3 Å². The topological polar surface area (TPSA) is 110 Å². The molecule has 0 heterocycles. The Kier molecular flexibility index (Phi) is 9.04. The Balaban J connectivity index is 2.10. The average Bonchev–Trinajstić information content (AvgIpc) is 2.63. The molecule has 0 spiro atoms. The zero-order valence-corrected chi connectivity index (χ0v) is 23.5. The van der Waals surface area contributed by atoms with Crippen molar-refractivity contribution in [1.29, 1.82) is 0 Å². The SMILES string of the molecule is Cc1cc(S(=O)(=O)O)c(C(C)C)cc1OCCOC(=O)c1c(I)cc(I)c(O)c1I. The van der Waals surface area contributed by atoms with Crippen molar-refractivity contribution >= 4 is 83.9 Å². The first-order valence-corrected chi connectivity index (χ1v) is 13.3. The standard InChI is InChI=1S/C19H19I3O7S/c1-9(2)11-7-14(10(3)6-15(11)30(25,26)27)28-4-5-29-19(24)16-12(20)8-13(21)18(23)17(16)22/h6-9,23H,4-5H2,1-3H3,(H,25,26,27). The minimum atomic E-state index is -4.35. The normalized spacial score (nSPS) is 11.6. The molecule has 2 rings (SSSR count). The van der Waals surface area contributed by atoms with Gasteiger partial charge in [-0.05, 0) is 110 Å². The highest BCUT2D eigenvalue weighted by atomic mass is 127. The van der Waals surface area contributed by atoms with Crippen LogP contribution >= 0.6 is 67.8 Å². The van der Waals surface area contributed by atoms with Gasteiger partial charge >= 0.3 is 5.97 Å². The lowest BCUT2D eigenvalue weighted by Crippen LogP contribution is -2.15. The number of phenolic OH excluding ortho intramolecular Hbond substituents is 1. The van der Waals surface area contributed by atoms with Crippen LogP contribution in [0, 0.1) is 17.6 Å². The smallest absolute Gasteiger partial charge is 0.340 e. The van der Waals surface area contributed by atoms with E-state index in [2.05, 4.69) is 0 Å². The summed E-state index contributed by atoms with van der Waals surface area (Å²) in [4.78, 5) is 12.3. The maximum Gasteiger partial charge on any atom is 0.340 e. The number of benzene rings is 2. The van der Waals surface area contributed by atoms with Crippen LogP contribution in [0.3, 0.4) is 0 Å². The van der Waals surface area contributed by atoms with Gasteiger partial charge in [0.05, 0.1) is 17.6 Å². The molecule has 0 fully saturated rings. The summed E-state index contributed by atoms with van der Waals surface area (Å²) in [5.74, 6) is -0.241. The summed E-state index contributed by atoms with van der Waals surface area (Å²) in [5.41, 5.74) is 1.27. The van der Waals surface area contributed by atoms with E-state index >= 15 is 0 Å². The third-order valence-electron chi connectivity index (χ3n) is 4.13. The first kappa shape index (κ1) is 25.9. The lowest BCUT2D eigenvalue weighted by Gasteiger charge is -2.16. The van der Waals surface area contributed by atoms with Gasteiger partial charge in [0.1, 0.15) is 24.7 Å². The van der Waals surface area contributed by atoms with E-state index in [-0.39, 0.29) is 29.8 Å². The summed E-state index contributed by atoms with van der Waals surface area (Å²) >= 11 is 5.91. The molecule has 30 heavy (non-hydrogen) atoms. The predicted molar refractivity (Wildman–Crippen MR) is 137 cm³/mol. The van der Waals surface area contributed by atoms with Crippen molar-refractivity contribution in [1.82, 2.24) is 0 Å². The Hall–Kier alpha value is -0.390. The molecule has 0 aliphatic carbocycles. The maximum absolute atomic E-state index is 12.4. The van der Waals surface area contributed by atoms with Gasteiger partial charge in [-0.2, -0.15) is 8.42 Å². The Morgan fingerprint density at radius 2 is 1.73 bits per heavy atom. The predicted octanol–water partition coefficient (Wildman–Crippen LogP) is 5.12. The molecule has 0 aliphatic heterocycles. The van der Waals surface area contributed by atoms with Gasteiger partial charge in [0.2, 0.25) is 0 Å². The molecule has 0 saturated heterocycles. The van der Waals surface area contributed by atoms with Crippen LogP contribution in [0.25, 0.3) is 0 Å². The highest BCUT2D eigenvalue weighted by Gasteiger charge is 2.22. The fourth-order valence-corrected chi connectivity index (χ4v) is 7.36. The molecule has 164 valence electrons. The fourth-order valence-electron chi connectivity index (χ4n) is 2.63. The quantitative estimate of drug-likeness (QED) is 0.174. The van der Waals surface area contributed by atoms with E-state index in [1.54, 1.807) is 19.1 Å². The number of halogens is 3. The third-order valence-corrected chi connectivity index (χ3v) is 7.76. The molecule has 0 radical (unpaired) electrons. The third kappa shape index (κ3) is 6.10. The zero-order chi connectivity index (χ0) is 22.8. The molecule has 11 heteroatoms. The van der Waals surface area contributed by atoms with Gasteiger partial charge in [-0.15, -0.1) is 0 Å². The van der Waals surface area contributed by atoms with Gasteiger partial charge in [0, 0.05) is 3.57 Å². The van der Waals surface area contributed by atoms with Crippen molar-refractivity contribution in [3.63, 3.8) is 0 Å². The maximum atomic E-state index is 12.4. The molecule has 0 saturated carbocycles. The van der Waals surface area contributed by atoms with Crippen molar-refractivity contribution in [2.75, 3.05) is 13.2 Å². The number of aryl methyl sites for hydroxylation is 1. The number of ether oxygens (including phenoxy) is 2. The summed E-state index contributed by atoms with van der Waals surface area (Å²) < 4.78 is 45.4. The number of hydrogen-bond donors (Lipinski definition) is 2. The van der Waals surface area contributed by atoms with Gasteiger partial charge in [-0.3, -0.25) is 4.55 Å². The lowest BCUT2D eigenvalue weighted by atomic mass is 10.0. The van der Waals surface area contributed by atoms with Crippen LogP contribution in [0.15, 0.2) is 23.1 Å². The number of carbonyl (C=O) groups excluding carboxylic acids is 1. The second-order valence-electron chi connectivity index (χ2n) is 6.65. The monoisotopic (exact) mass is 772 g/mol. The molecule has 0 bridgehead atoms. The van der Waals surface area contributed by atoms with E-state index in [0.717, 1.165) is 0 Å². The summed E-state index contributed by atoms with van der Waals surface area (Å²) in [7, 11) is -4.35. The van der Waals surface area contributed by atoms with Gasteiger partial charge < -0.3 is 14.6 Å². The molecule has 0 atom stereocenters. The fraction of sp³-hybridized carbons (Fsp3) is 0.316. The Bertz CT molecular complexity index is 1080. The molecule has 2 N–H and O–H groups in total. The molecule has 2 aromatic carbocycles. The Labute approximate surface area is 216 Å². The van der Waals surface area contributed by atoms with Crippen molar-refractivity contribution in [2.24, 2.45) is 0 Å². The largest absolute Gasteiger partial charge is 0.506 e. The highest BCUT2D eigenvalue weighted by molar-refractivity contribution is 14.1. The number of rotatable bonds is 7. The average molecular weight is 772 g/mol. The van der Waals surface area contributed by atoms with E-state index in [9.17, 15) is 22.9 Å².